The van der Waals surface area contributed by atoms with Crippen molar-refractivity contribution < 1.29 is 8.42 Å². The van der Waals surface area contributed by atoms with Crippen molar-refractivity contribution in [3.63, 3.8) is 0 Å². The molecule has 0 saturated heterocycles. The van der Waals surface area contributed by atoms with Crippen LogP contribution in [0.25, 0.3) is 0 Å². The average molecular weight is 309 g/mol. The third-order valence-corrected chi connectivity index (χ3v) is 5.04. The third kappa shape index (κ3) is 3.22. The number of nitrogens with one attached hydrogen (secondary N) is 3. The molecule has 0 aliphatic heterocycles. The minimum absolute atomic E-state index is 0.299. The van der Waals surface area contributed by atoms with Crippen molar-refractivity contribution >= 4 is 15.7 Å². The number of sulfonamides is 1. The van der Waals surface area contributed by atoms with Gasteiger partial charge in [0.25, 0.3) is 0 Å². The summed E-state index contributed by atoms with van der Waals surface area (Å²) in [5, 5.41) is 9.40. The van der Waals surface area contributed by atoms with Crippen LogP contribution in [-0.2, 0) is 10.0 Å². The summed E-state index contributed by atoms with van der Waals surface area (Å²) in [5.74, 6) is 0.473. The Morgan fingerprint density at radius 3 is 2.33 bits per heavy atom. The van der Waals surface area contributed by atoms with Gasteiger partial charge in [-0.2, -0.15) is 5.10 Å². The van der Waals surface area contributed by atoms with Crippen LogP contribution < -0.4 is 10.0 Å². The second-order valence-corrected chi connectivity index (χ2v) is 6.55. The van der Waals surface area contributed by atoms with E-state index in [-0.39, 0.29) is 0 Å². The van der Waals surface area contributed by atoms with Crippen LogP contribution in [0.3, 0.4) is 0 Å². The molecule has 2 aromatic rings. The number of aromatic nitrogens is 3. The van der Waals surface area contributed by atoms with Crippen molar-refractivity contribution in [1.82, 2.24) is 19.9 Å². The molecular formula is C13H19N5O2S. The molecule has 0 aliphatic rings. The Labute approximate surface area is 124 Å². The first-order chi connectivity index (χ1) is 9.85. The molecule has 2 rings (SSSR count). The van der Waals surface area contributed by atoms with Gasteiger partial charge in [0.2, 0.25) is 10.0 Å². The monoisotopic (exact) mass is 309 g/mol. The molecule has 21 heavy (non-hydrogen) atoms. The number of hydrogen-bond acceptors (Lipinski definition) is 5. The van der Waals surface area contributed by atoms with Crippen molar-refractivity contribution in [2.45, 2.75) is 31.7 Å². The highest BCUT2D eigenvalue weighted by molar-refractivity contribution is 7.89. The van der Waals surface area contributed by atoms with Crippen LogP contribution in [0.1, 0.15) is 29.9 Å². The van der Waals surface area contributed by atoms with Gasteiger partial charge < -0.3 is 5.32 Å². The van der Waals surface area contributed by atoms with Crippen LogP contribution >= 0.6 is 0 Å². The van der Waals surface area contributed by atoms with Crippen molar-refractivity contribution in [2.24, 2.45) is 0 Å². The predicted molar refractivity (Wildman–Crippen MR) is 80.6 cm³/mol. The maximum Gasteiger partial charge on any atom is 0.241 e. The lowest BCUT2D eigenvalue weighted by Crippen LogP contribution is -2.28. The molecule has 1 aromatic carbocycles. The number of rotatable bonds is 5. The highest BCUT2D eigenvalue weighted by atomic mass is 32.2. The molecule has 0 bridgehead atoms. The van der Waals surface area contributed by atoms with Crippen LogP contribution in [0.4, 0.5) is 5.69 Å². The number of H-pyrrole nitrogens is 1. The van der Waals surface area contributed by atoms with Crippen LogP contribution in [0.2, 0.25) is 0 Å². The van der Waals surface area contributed by atoms with Crippen molar-refractivity contribution in [3.05, 3.63) is 35.4 Å². The van der Waals surface area contributed by atoms with Gasteiger partial charge in [-0.1, -0.05) is 0 Å². The summed E-state index contributed by atoms with van der Waals surface area (Å²) in [7, 11) is -1.84. The van der Waals surface area contributed by atoms with Crippen molar-refractivity contribution in [2.75, 3.05) is 12.4 Å². The Morgan fingerprint density at radius 1 is 1.24 bits per heavy atom. The zero-order chi connectivity index (χ0) is 15.6. The largest absolute Gasteiger partial charge is 0.388 e. The van der Waals surface area contributed by atoms with Gasteiger partial charge in [-0.15, -0.1) is 0 Å². The highest BCUT2D eigenvalue weighted by Gasteiger charge is 2.23. The molecule has 0 amide bonds. The van der Waals surface area contributed by atoms with E-state index in [0.29, 0.717) is 21.8 Å². The Bertz CT molecular complexity index is 702. The number of benzene rings is 1. The maximum atomic E-state index is 12.6. The summed E-state index contributed by atoms with van der Waals surface area (Å²) in [4.78, 5) is 4.26. The first kappa shape index (κ1) is 15.5. The Balaban J connectivity index is 2.36. The molecule has 8 heteroatoms. The number of hydrogen-bond donors (Lipinski definition) is 3. The molecule has 0 spiro atoms. The van der Waals surface area contributed by atoms with Gasteiger partial charge in [0.1, 0.15) is 12.2 Å². The van der Waals surface area contributed by atoms with Gasteiger partial charge in [-0.25, -0.2) is 18.1 Å². The van der Waals surface area contributed by atoms with Gasteiger partial charge in [0.15, 0.2) is 0 Å². The SMILES string of the molecule is CNc1cc(C)c(S(=O)(=O)NC(C)c2ncn[nH]2)c(C)c1. The van der Waals surface area contributed by atoms with E-state index in [1.807, 2.05) is 0 Å². The third-order valence-electron chi connectivity index (χ3n) is 3.19. The van der Waals surface area contributed by atoms with E-state index in [2.05, 4.69) is 25.2 Å². The van der Waals surface area contributed by atoms with Crippen LogP contribution in [0.15, 0.2) is 23.4 Å². The number of nitrogens with zero attached hydrogens (tertiary/aromatic N) is 2. The molecule has 0 saturated carbocycles. The van der Waals surface area contributed by atoms with E-state index in [1.165, 1.54) is 6.33 Å². The minimum atomic E-state index is -3.64. The second kappa shape index (κ2) is 5.82. The quantitative estimate of drug-likeness (QED) is 0.777. The lowest BCUT2D eigenvalue weighted by Gasteiger charge is -2.16. The Kier molecular flexibility index (Phi) is 4.29. The highest BCUT2D eigenvalue weighted by Crippen LogP contribution is 2.25. The van der Waals surface area contributed by atoms with Gasteiger partial charge in [0, 0.05) is 12.7 Å². The molecule has 1 aromatic heterocycles. The molecule has 0 fully saturated rings. The van der Waals surface area contributed by atoms with E-state index < -0.39 is 16.1 Å². The second-order valence-electron chi connectivity index (χ2n) is 4.90. The molecule has 3 N–H and O–H groups in total. The van der Waals surface area contributed by atoms with E-state index in [0.717, 1.165) is 5.69 Å². The van der Waals surface area contributed by atoms with Crippen LogP contribution in [-0.4, -0.2) is 30.6 Å². The summed E-state index contributed by atoms with van der Waals surface area (Å²) in [6, 6.07) is 3.13. The fourth-order valence-electron chi connectivity index (χ4n) is 2.29. The Hall–Kier alpha value is -1.93. The molecule has 0 aliphatic carbocycles. The first-order valence-corrected chi connectivity index (χ1v) is 8.00. The summed E-state index contributed by atoms with van der Waals surface area (Å²) in [6.45, 7) is 5.27. The Morgan fingerprint density at radius 2 is 1.86 bits per heavy atom. The van der Waals surface area contributed by atoms with Gasteiger partial charge in [-0.05, 0) is 44.0 Å². The predicted octanol–water partition coefficient (Wildman–Crippen LogP) is 1.50. The van der Waals surface area contributed by atoms with E-state index in [9.17, 15) is 8.42 Å². The number of anilines is 1. The van der Waals surface area contributed by atoms with E-state index in [1.54, 1.807) is 40.0 Å². The molecule has 1 heterocycles. The molecule has 7 nitrogen and oxygen atoms in total. The molecule has 1 unspecified atom stereocenters. The maximum absolute atomic E-state index is 12.6. The van der Waals surface area contributed by atoms with Crippen molar-refractivity contribution in [1.29, 1.82) is 0 Å². The average Bonchev–Trinajstić information content (AvgIpc) is 2.90. The lowest BCUT2D eigenvalue weighted by molar-refractivity contribution is 0.559. The number of aromatic amines is 1. The van der Waals surface area contributed by atoms with Crippen molar-refractivity contribution in [3.8, 4) is 0 Å². The summed E-state index contributed by atoms with van der Waals surface area (Å²) in [6.07, 6.45) is 1.35. The van der Waals surface area contributed by atoms with Crippen LogP contribution in [0, 0.1) is 13.8 Å². The van der Waals surface area contributed by atoms with Gasteiger partial charge >= 0.3 is 0 Å². The van der Waals surface area contributed by atoms with Crippen LogP contribution in [0.5, 0.6) is 0 Å². The molecule has 114 valence electrons. The molecule has 1 atom stereocenters. The minimum Gasteiger partial charge on any atom is -0.388 e. The summed E-state index contributed by atoms with van der Waals surface area (Å²) in [5.41, 5.74) is 2.26. The zero-order valence-electron chi connectivity index (χ0n) is 12.4. The standard InChI is InChI=1S/C13H19N5O2S/c1-8-5-11(14-4)6-9(2)12(8)21(19,20)18-10(3)13-15-7-16-17-13/h5-7,10,14,18H,1-4H3,(H,15,16,17). The smallest absolute Gasteiger partial charge is 0.241 e. The zero-order valence-corrected chi connectivity index (χ0v) is 13.2. The summed E-state index contributed by atoms with van der Waals surface area (Å²) >= 11 is 0. The number of aryl methyl sites for hydroxylation is 2. The fraction of sp³-hybridized carbons (Fsp3) is 0.385. The van der Waals surface area contributed by atoms with Gasteiger partial charge in [0.05, 0.1) is 10.9 Å². The van der Waals surface area contributed by atoms with E-state index >= 15 is 0 Å². The normalized spacial score (nSPS) is 13.1. The molecule has 0 radical (unpaired) electrons. The van der Waals surface area contributed by atoms with E-state index in [4.69, 9.17) is 0 Å². The molecular weight excluding hydrogens is 290 g/mol. The fourth-order valence-corrected chi connectivity index (χ4v) is 3.95. The topological polar surface area (TPSA) is 99.8 Å². The lowest BCUT2D eigenvalue weighted by atomic mass is 10.1. The van der Waals surface area contributed by atoms with Gasteiger partial charge in [-0.3, -0.25) is 5.10 Å². The first-order valence-electron chi connectivity index (χ1n) is 6.51. The summed E-state index contributed by atoms with van der Waals surface area (Å²) < 4.78 is 27.8.